The predicted octanol–water partition coefficient (Wildman–Crippen LogP) is -0.102. The third kappa shape index (κ3) is 2.25. The maximum Gasteiger partial charge on any atom is 0.327 e. The van der Waals surface area contributed by atoms with Gasteiger partial charge in [-0.25, -0.2) is 9.59 Å². The number of hydrogen-bond donors (Lipinski definition) is 1. The van der Waals surface area contributed by atoms with Crippen LogP contribution in [0.2, 0.25) is 0 Å². The van der Waals surface area contributed by atoms with E-state index in [1.54, 1.807) is 4.90 Å². The lowest BCUT2D eigenvalue weighted by molar-refractivity contribution is -0.141. The summed E-state index contributed by atoms with van der Waals surface area (Å²) >= 11 is 1.48. The zero-order chi connectivity index (χ0) is 11.5. The lowest BCUT2D eigenvalue weighted by Crippen LogP contribution is -2.51. The minimum absolute atomic E-state index is 0.180. The largest absolute Gasteiger partial charge is 0.480 e. The van der Waals surface area contributed by atoms with Crippen LogP contribution in [0.5, 0.6) is 0 Å². The Morgan fingerprint density at radius 3 is 2.62 bits per heavy atom. The molecule has 0 aromatic rings. The maximum atomic E-state index is 12.0. The molecule has 2 amide bonds. The van der Waals surface area contributed by atoms with Gasteiger partial charge in [0.25, 0.3) is 0 Å². The molecule has 1 atom stereocenters. The Hall–Kier alpha value is -0.950. The van der Waals surface area contributed by atoms with Crippen molar-refractivity contribution >= 4 is 23.8 Å². The van der Waals surface area contributed by atoms with Gasteiger partial charge in [0.15, 0.2) is 0 Å². The standard InChI is InChI=1S/C9H14N2O4S/c12-8(13)7-5-16-6-11(7)9(14)10-1-3-15-4-2-10/h7H,1-6H2,(H,12,13). The molecule has 2 aliphatic heterocycles. The van der Waals surface area contributed by atoms with E-state index in [2.05, 4.69) is 0 Å². The molecule has 2 aliphatic rings. The summed E-state index contributed by atoms with van der Waals surface area (Å²) in [5, 5.41) is 8.98. The molecule has 1 N–H and O–H groups in total. The number of urea groups is 1. The average Bonchev–Trinajstić information content (AvgIpc) is 2.78. The molecular formula is C9H14N2O4S. The molecule has 0 radical (unpaired) electrons. The van der Waals surface area contributed by atoms with Gasteiger partial charge in [-0.1, -0.05) is 0 Å². The van der Waals surface area contributed by atoms with Gasteiger partial charge in [-0.3, -0.25) is 0 Å². The van der Waals surface area contributed by atoms with Crippen LogP contribution in [-0.4, -0.2) is 70.9 Å². The molecule has 0 saturated carbocycles. The van der Waals surface area contributed by atoms with Crippen LogP contribution in [-0.2, 0) is 9.53 Å². The van der Waals surface area contributed by atoms with Gasteiger partial charge in [-0.15, -0.1) is 11.8 Å². The molecule has 2 rings (SSSR count). The summed E-state index contributed by atoms with van der Waals surface area (Å²) in [5.41, 5.74) is 0. The SMILES string of the molecule is O=C(O)C1CSCN1C(=O)N1CCOCC1. The minimum atomic E-state index is -0.924. The number of amides is 2. The summed E-state index contributed by atoms with van der Waals surface area (Å²) in [4.78, 5) is 26.1. The monoisotopic (exact) mass is 246 g/mol. The fourth-order valence-corrected chi connectivity index (χ4v) is 2.91. The smallest absolute Gasteiger partial charge is 0.327 e. The first-order valence-electron chi connectivity index (χ1n) is 5.14. The molecule has 90 valence electrons. The van der Waals surface area contributed by atoms with E-state index >= 15 is 0 Å². The zero-order valence-corrected chi connectivity index (χ0v) is 9.61. The van der Waals surface area contributed by atoms with Crippen molar-refractivity contribution in [3.63, 3.8) is 0 Å². The number of carbonyl (C=O) groups is 2. The van der Waals surface area contributed by atoms with E-state index in [-0.39, 0.29) is 6.03 Å². The number of rotatable bonds is 1. The van der Waals surface area contributed by atoms with E-state index < -0.39 is 12.0 Å². The maximum absolute atomic E-state index is 12.0. The molecule has 2 heterocycles. The highest BCUT2D eigenvalue weighted by molar-refractivity contribution is 7.99. The highest BCUT2D eigenvalue weighted by atomic mass is 32.2. The number of aliphatic carboxylic acids is 1. The van der Waals surface area contributed by atoms with Crippen molar-refractivity contribution in [1.82, 2.24) is 9.80 Å². The summed E-state index contributed by atoms with van der Waals surface area (Å²) in [6, 6.07) is -0.860. The highest BCUT2D eigenvalue weighted by Crippen LogP contribution is 2.22. The summed E-state index contributed by atoms with van der Waals surface area (Å²) in [6.07, 6.45) is 0. The van der Waals surface area contributed by atoms with E-state index in [0.29, 0.717) is 37.9 Å². The Labute approximate surface area is 97.5 Å². The van der Waals surface area contributed by atoms with Gasteiger partial charge in [0.05, 0.1) is 19.1 Å². The lowest BCUT2D eigenvalue weighted by Gasteiger charge is -2.32. The average molecular weight is 246 g/mol. The van der Waals surface area contributed by atoms with Gasteiger partial charge in [-0.2, -0.15) is 0 Å². The van der Waals surface area contributed by atoms with Crippen LogP contribution in [0.1, 0.15) is 0 Å². The van der Waals surface area contributed by atoms with Crippen molar-refractivity contribution in [3.05, 3.63) is 0 Å². The van der Waals surface area contributed by atoms with Crippen LogP contribution < -0.4 is 0 Å². The van der Waals surface area contributed by atoms with Crippen molar-refractivity contribution in [2.75, 3.05) is 37.9 Å². The van der Waals surface area contributed by atoms with E-state index in [4.69, 9.17) is 9.84 Å². The number of nitrogens with zero attached hydrogens (tertiary/aromatic N) is 2. The Balaban J connectivity index is 1.99. The highest BCUT2D eigenvalue weighted by Gasteiger charge is 2.36. The van der Waals surface area contributed by atoms with E-state index in [1.807, 2.05) is 0 Å². The number of ether oxygens (including phenoxy) is 1. The third-order valence-electron chi connectivity index (χ3n) is 2.69. The molecule has 0 aromatic heterocycles. The quantitative estimate of drug-likeness (QED) is 0.699. The fourth-order valence-electron chi connectivity index (χ4n) is 1.77. The number of carboxylic acids is 1. The molecule has 0 aliphatic carbocycles. The number of morpholine rings is 1. The molecule has 0 bridgehead atoms. The molecular weight excluding hydrogens is 232 g/mol. The molecule has 16 heavy (non-hydrogen) atoms. The molecule has 0 aromatic carbocycles. The molecule has 1 unspecified atom stereocenters. The second-order valence-corrected chi connectivity index (χ2v) is 4.71. The molecule has 0 spiro atoms. The number of thioether (sulfide) groups is 1. The van der Waals surface area contributed by atoms with Gasteiger partial charge >= 0.3 is 12.0 Å². The molecule has 7 heteroatoms. The Bertz CT molecular complexity index is 293. The topological polar surface area (TPSA) is 70.1 Å². The minimum Gasteiger partial charge on any atom is -0.480 e. The van der Waals surface area contributed by atoms with Crippen molar-refractivity contribution in [2.24, 2.45) is 0 Å². The number of hydrogen-bond acceptors (Lipinski definition) is 4. The van der Waals surface area contributed by atoms with Crippen molar-refractivity contribution in [3.8, 4) is 0 Å². The first-order valence-corrected chi connectivity index (χ1v) is 6.29. The van der Waals surface area contributed by atoms with Crippen molar-refractivity contribution in [1.29, 1.82) is 0 Å². The predicted molar refractivity (Wildman–Crippen MR) is 58.4 cm³/mol. The second kappa shape index (κ2) is 4.92. The van der Waals surface area contributed by atoms with Gasteiger partial charge in [0.1, 0.15) is 6.04 Å². The zero-order valence-electron chi connectivity index (χ0n) is 8.79. The second-order valence-electron chi connectivity index (χ2n) is 3.71. The van der Waals surface area contributed by atoms with Gasteiger partial charge in [0, 0.05) is 18.8 Å². The van der Waals surface area contributed by atoms with Crippen LogP contribution in [0.25, 0.3) is 0 Å². The van der Waals surface area contributed by atoms with Gasteiger partial charge < -0.3 is 19.6 Å². The Morgan fingerprint density at radius 1 is 1.31 bits per heavy atom. The van der Waals surface area contributed by atoms with E-state index in [1.165, 1.54) is 16.7 Å². The fraction of sp³-hybridized carbons (Fsp3) is 0.778. The normalized spacial score (nSPS) is 25.9. The van der Waals surface area contributed by atoms with Crippen LogP contribution in [0.15, 0.2) is 0 Å². The molecule has 2 saturated heterocycles. The van der Waals surface area contributed by atoms with Crippen LogP contribution >= 0.6 is 11.8 Å². The summed E-state index contributed by atoms with van der Waals surface area (Å²) in [5.74, 6) is 0.0186. The molecule has 2 fully saturated rings. The molecule has 6 nitrogen and oxygen atoms in total. The lowest BCUT2D eigenvalue weighted by atomic mass is 10.3. The third-order valence-corrected chi connectivity index (χ3v) is 3.71. The van der Waals surface area contributed by atoms with Crippen LogP contribution in [0.3, 0.4) is 0 Å². The Morgan fingerprint density at radius 2 is 2.00 bits per heavy atom. The first kappa shape index (κ1) is 11.5. The summed E-state index contributed by atoms with van der Waals surface area (Å²) in [7, 11) is 0. The number of carboxylic acid groups (broad SMARTS) is 1. The van der Waals surface area contributed by atoms with Gasteiger partial charge in [-0.05, 0) is 0 Å². The summed E-state index contributed by atoms with van der Waals surface area (Å²) in [6.45, 7) is 2.16. The Kier molecular flexibility index (Phi) is 3.55. The van der Waals surface area contributed by atoms with E-state index in [0.717, 1.165) is 0 Å². The van der Waals surface area contributed by atoms with Crippen molar-refractivity contribution in [2.45, 2.75) is 6.04 Å². The van der Waals surface area contributed by atoms with Gasteiger partial charge in [0.2, 0.25) is 0 Å². The van der Waals surface area contributed by atoms with Crippen molar-refractivity contribution < 1.29 is 19.4 Å². The first-order chi connectivity index (χ1) is 7.70. The summed E-state index contributed by atoms with van der Waals surface area (Å²) < 4.78 is 5.15. The van der Waals surface area contributed by atoms with Crippen LogP contribution in [0, 0.1) is 0 Å². The van der Waals surface area contributed by atoms with Crippen LogP contribution in [0.4, 0.5) is 4.79 Å². The van der Waals surface area contributed by atoms with E-state index in [9.17, 15) is 9.59 Å². The number of carbonyl (C=O) groups excluding carboxylic acids is 1.